The molecule has 0 amide bonds. The van der Waals surface area contributed by atoms with E-state index in [1.165, 1.54) is 6.20 Å². The van der Waals surface area contributed by atoms with Gasteiger partial charge in [0, 0.05) is 5.69 Å². The summed E-state index contributed by atoms with van der Waals surface area (Å²) in [5.74, 6) is -3.69. The van der Waals surface area contributed by atoms with Crippen LogP contribution in [-0.2, 0) is 0 Å². The molecule has 6 heteroatoms. The molecule has 2 N–H and O–H groups in total. The Labute approximate surface area is 114 Å². The number of hydrogen-bond donors (Lipinski definition) is 2. The number of nitrogens with one attached hydrogen (secondary N) is 1. The van der Waals surface area contributed by atoms with E-state index in [1.54, 1.807) is 6.07 Å². The quantitative estimate of drug-likeness (QED) is 0.903. The van der Waals surface area contributed by atoms with E-state index >= 15 is 0 Å². The Bertz CT molecular complexity index is 687. The van der Waals surface area contributed by atoms with Crippen LogP contribution in [0.2, 0.25) is 0 Å². The number of halogens is 2. The Hall–Kier alpha value is -2.50. The van der Waals surface area contributed by atoms with Crippen LogP contribution in [0.3, 0.4) is 0 Å². The lowest BCUT2D eigenvalue weighted by molar-refractivity contribution is 0.0697. The molecule has 1 heterocycles. The Balaban J connectivity index is 2.49. The smallest absolute Gasteiger partial charge is 0.337 e. The van der Waals surface area contributed by atoms with Crippen LogP contribution in [-0.4, -0.2) is 16.1 Å². The molecule has 0 radical (unpaired) electrons. The Morgan fingerprint density at radius 3 is 2.60 bits per heavy atom. The van der Waals surface area contributed by atoms with Gasteiger partial charge < -0.3 is 10.4 Å². The number of hydrogen-bond acceptors (Lipinski definition) is 3. The first-order chi connectivity index (χ1) is 9.40. The fraction of sp³-hybridized carbons (Fsp3) is 0.143. The van der Waals surface area contributed by atoms with Gasteiger partial charge in [-0.2, -0.15) is 0 Å². The molecule has 1 aromatic carbocycles. The van der Waals surface area contributed by atoms with E-state index in [9.17, 15) is 13.6 Å². The molecule has 0 fully saturated rings. The van der Waals surface area contributed by atoms with Crippen molar-refractivity contribution in [1.82, 2.24) is 4.98 Å². The monoisotopic (exact) mass is 278 g/mol. The number of carboxylic acids is 1. The number of nitrogens with zero attached hydrogens (tertiary/aromatic N) is 1. The fourth-order valence-electron chi connectivity index (χ4n) is 1.71. The summed E-state index contributed by atoms with van der Waals surface area (Å²) in [6, 6.07) is 3.47. The van der Waals surface area contributed by atoms with Crippen LogP contribution >= 0.6 is 0 Å². The van der Waals surface area contributed by atoms with Crippen LogP contribution in [0.15, 0.2) is 24.4 Å². The van der Waals surface area contributed by atoms with E-state index in [-0.39, 0.29) is 5.56 Å². The molecule has 0 saturated carbocycles. The number of carboxylic acid groups (broad SMARTS) is 1. The Morgan fingerprint density at radius 1 is 1.30 bits per heavy atom. The summed E-state index contributed by atoms with van der Waals surface area (Å²) in [6.45, 7) is 3.62. The average molecular weight is 278 g/mol. The van der Waals surface area contributed by atoms with Crippen molar-refractivity contribution in [2.45, 2.75) is 13.8 Å². The SMILES string of the molecule is Cc1cc(Nc2c(C(=O)O)ccc(F)c2F)cnc1C. The third-order valence-electron chi connectivity index (χ3n) is 2.93. The van der Waals surface area contributed by atoms with Crippen LogP contribution in [0.1, 0.15) is 21.6 Å². The molecule has 0 aliphatic rings. The Morgan fingerprint density at radius 2 is 2.00 bits per heavy atom. The zero-order chi connectivity index (χ0) is 14.9. The normalized spacial score (nSPS) is 10.4. The summed E-state index contributed by atoms with van der Waals surface area (Å²) < 4.78 is 27.0. The number of pyridine rings is 1. The molecule has 104 valence electrons. The molecule has 0 saturated heterocycles. The van der Waals surface area contributed by atoms with Gasteiger partial charge in [-0.05, 0) is 37.6 Å². The number of aromatic nitrogens is 1. The number of carbonyl (C=O) groups is 1. The first-order valence-electron chi connectivity index (χ1n) is 5.81. The predicted molar refractivity (Wildman–Crippen MR) is 70.3 cm³/mol. The number of aryl methyl sites for hydroxylation is 2. The van der Waals surface area contributed by atoms with Crippen molar-refractivity contribution in [2.24, 2.45) is 0 Å². The van der Waals surface area contributed by atoms with Gasteiger partial charge >= 0.3 is 5.97 Å². The third-order valence-corrected chi connectivity index (χ3v) is 2.93. The largest absolute Gasteiger partial charge is 0.478 e. The van der Waals surface area contributed by atoms with Crippen molar-refractivity contribution < 1.29 is 18.7 Å². The molecular weight excluding hydrogens is 266 g/mol. The highest BCUT2D eigenvalue weighted by Gasteiger charge is 2.18. The summed E-state index contributed by atoms with van der Waals surface area (Å²) >= 11 is 0. The second-order valence-electron chi connectivity index (χ2n) is 4.34. The minimum atomic E-state index is -1.34. The number of aromatic carboxylic acids is 1. The second-order valence-corrected chi connectivity index (χ2v) is 4.34. The molecule has 0 atom stereocenters. The number of rotatable bonds is 3. The molecule has 0 unspecified atom stereocenters. The fourth-order valence-corrected chi connectivity index (χ4v) is 1.71. The average Bonchev–Trinajstić information content (AvgIpc) is 2.39. The van der Waals surface area contributed by atoms with Crippen LogP contribution in [0.25, 0.3) is 0 Å². The minimum Gasteiger partial charge on any atom is -0.478 e. The lowest BCUT2D eigenvalue weighted by atomic mass is 10.1. The molecule has 1 aromatic heterocycles. The van der Waals surface area contributed by atoms with Gasteiger partial charge in [0.05, 0.1) is 23.1 Å². The van der Waals surface area contributed by atoms with Crippen LogP contribution in [0.4, 0.5) is 20.2 Å². The highest BCUT2D eigenvalue weighted by atomic mass is 19.2. The number of benzene rings is 1. The molecule has 2 aromatic rings. The maximum absolute atomic E-state index is 13.8. The van der Waals surface area contributed by atoms with Crippen molar-refractivity contribution in [1.29, 1.82) is 0 Å². The van der Waals surface area contributed by atoms with Crippen LogP contribution in [0, 0.1) is 25.5 Å². The van der Waals surface area contributed by atoms with Gasteiger partial charge in [-0.3, -0.25) is 4.98 Å². The van der Waals surface area contributed by atoms with Gasteiger partial charge in [0.25, 0.3) is 0 Å². The Kier molecular flexibility index (Phi) is 3.65. The van der Waals surface area contributed by atoms with E-state index in [0.29, 0.717) is 5.69 Å². The maximum Gasteiger partial charge on any atom is 0.337 e. The molecular formula is C14H12F2N2O2. The van der Waals surface area contributed by atoms with Gasteiger partial charge in [0.15, 0.2) is 11.6 Å². The zero-order valence-electron chi connectivity index (χ0n) is 10.9. The molecule has 2 rings (SSSR count). The van der Waals surface area contributed by atoms with Crippen LogP contribution < -0.4 is 5.32 Å². The molecule has 20 heavy (non-hydrogen) atoms. The lowest BCUT2D eigenvalue weighted by Gasteiger charge is -2.12. The lowest BCUT2D eigenvalue weighted by Crippen LogP contribution is -2.07. The van der Waals surface area contributed by atoms with Crippen molar-refractivity contribution in [3.63, 3.8) is 0 Å². The van der Waals surface area contributed by atoms with Gasteiger partial charge in [0.2, 0.25) is 0 Å². The predicted octanol–water partition coefficient (Wildman–Crippen LogP) is 3.42. The van der Waals surface area contributed by atoms with Crippen molar-refractivity contribution in [3.05, 3.63) is 52.9 Å². The van der Waals surface area contributed by atoms with E-state index < -0.39 is 23.3 Å². The third kappa shape index (κ3) is 2.59. The molecule has 0 aliphatic heterocycles. The summed E-state index contributed by atoms with van der Waals surface area (Å²) in [5.41, 5.74) is 1.28. The van der Waals surface area contributed by atoms with Gasteiger partial charge in [0.1, 0.15) is 0 Å². The van der Waals surface area contributed by atoms with E-state index in [1.807, 2.05) is 13.8 Å². The van der Waals surface area contributed by atoms with E-state index in [0.717, 1.165) is 23.4 Å². The van der Waals surface area contributed by atoms with E-state index in [2.05, 4.69) is 10.3 Å². The van der Waals surface area contributed by atoms with E-state index in [4.69, 9.17) is 5.11 Å². The highest BCUT2D eigenvalue weighted by molar-refractivity contribution is 5.95. The molecule has 0 aliphatic carbocycles. The summed E-state index contributed by atoms with van der Waals surface area (Å²) in [5, 5.41) is 11.6. The van der Waals surface area contributed by atoms with Gasteiger partial charge in [-0.25, -0.2) is 13.6 Å². The van der Waals surface area contributed by atoms with Crippen molar-refractivity contribution in [3.8, 4) is 0 Å². The number of anilines is 2. The highest BCUT2D eigenvalue weighted by Crippen LogP contribution is 2.26. The maximum atomic E-state index is 13.8. The van der Waals surface area contributed by atoms with Crippen molar-refractivity contribution in [2.75, 3.05) is 5.32 Å². The summed E-state index contributed by atoms with van der Waals surface area (Å²) in [4.78, 5) is 15.1. The minimum absolute atomic E-state index is 0.345. The first-order valence-corrected chi connectivity index (χ1v) is 5.81. The molecule has 0 bridgehead atoms. The summed E-state index contributed by atoms with van der Waals surface area (Å²) in [7, 11) is 0. The van der Waals surface area contributed by atoms with Gasteiger partial charge in [-0.1, -0.05) is 0 Å². The second kappa shape index (κ2) is 5.24. The van der Waals surface area contributed by atoms with Gasteiger partial charge in [-0.15, -0.1) is 0 Å². The first kappa shape index (κ1) is 13.9. The van der Waals surface area contributed by atoms with Crippen LogP contribution in [0.5, 0.6) is 0 Å². The standard InChI is InChI=1S/C14H12F2N2O2/c1-7-5-9(6-17-8(7)2)18-13-10(14(19)20)3-4-11(15)12(13)16/h3-6,18H,1-2H3,(H,19,20). The molecule has 0 spiro atoms. The molecule has 4 nitrogen and oxygen atoms in total. The summed E-state index contributed by atoms with van der Waals surface area (Å²) in [6.07, 6.45) is 1.43. The zero-order valence-corrected chi connectivity index (χ0v) is 10.9. The topological polar surface area (TPSA) is 62.2 Å². The van der Waals surface area contributed by atoms with Crippen molar-refractivity contribution >= 4 is 17.3 Å².